The van der Waals surface area contributed by atoms with Gasteiger partial charge in [-0.1, -0.05) is 17.3 Å². The van der Waals surface area contributed by atoms with Crippen molar-refractivity contribution in [1.82, 2.24) is 25.2 Å². The van der Waals surface area contributed by atoms with Gasteiger partial charge in [-0.25, -0.2) is 0 Å². The number of amides is 1. The van der Waals surface area contributed by atoms with Crippen LogP contribution >= 0.6 is 0 Å². The highest BCUT2D eigenvalue weighted by atomic mass is 16.5. The molecule has 26 heavy (non-hydrogen) atoms. The third-order valence-corrected chi connectivity index (χ3v) is 4.54. The average molecular weight is 353 g/mol. The second-order valence-corrected chi connectivity index (χ2v) is 6.33. The molecule has 0 radical (unpaired) electrons. The number of aliphatic hydroxyl groups is 1. The maximum Gasteiger partial charge on any atom is 0.254 e. The fourth-order valence-electron chi connectivity index (χ4n) is 3.27. The first-order valence-electron chi connectivity index (χ1n) is 8.52. The Bertz CT molecular complexity index is 946. The van der Waals surface area contributed by atoms with Crippen molar-refractivity contribution in [2.75, 3.05) is 6.61 Å². The maximum atomic E-state index is 12.5. The van der Waals surface area contributed by atoms with Gasteiger partial charge < -0.3 is 14.9 Å². The number of hydrogen-bond donors (Lipinski definition) is 2. The summed E-state index contributed by atoms with van der Waals surface area (Å²) in [4.78, 5) is 16.7. The SMILES string of the molecule is Cc1nc(-c2ccc3c(c2)CCC3NC(=O)c2cnn(CCO)c2)no1. The quantitative estimate of drug-likeness (QED) is 0.722. The molecule has 1 aliphatic carbocycles. The Morgan fingerprint density at radius 3 is 3.12 bits per heavy atom. The topological polar surface area (TPSA) is 106 Å². The van der Waals surface area contributed by atoms with Crippen molar-refractivity contribution >= 4 is 5.91 Å². The molecule has 4 rings (SSSR count). The van der Waals surface area contributed by atoms with Crippen LogP contribution in [0.15, 0.2) is 35.1 Å². The fraction of sp³-hybridized carbons (Fsp3) is 0.333. The number of carbonyl (C=O) groups excluding carboxylic acids is 1. The summed E-state index contributed by atoms with van der Waals surface area (Å²) in [5.74, 6) is 0.950. The van der Waals surface area contributed by atoms with Gasteiger partial charge in [0.2, 0.25) is 11.7 Å². The molecule has 2 heterocycles. The zero-order valence-corrected chi connectivity index (χ0v) is 14.3. The third kappa shape index (κ3) is 3.11. The summed E-state index contributed by atoms with van der Waals surface area (Å²) in [5, 5.41) is 20.0. The van der Waals surface area contributed by atoms with E-state index in [1.165, 1.54) is 11.8 Å². The van der Waals surface area contributed by atoms with Crippen molar-refractivity contribution < 1.29 is 14.4 Å². The molecular formula is C18H19N5O3. The van der Waals surface area contributed by atoms with Gasteiger partial charge in [-0.15, -0.1) is 0 Å². The minimum atomic E-state index is -0.162. The molecule has 3 aromatic rings. The van der Waals surface area contributed by atoms with Crippen molar-refractivity contribution in [3.8, 4) is 11.4 Å². The van der Waals surface area contributed by atoms with E-state index in [9.17, 15) is 4.79 Å². The van der Waals surface area contributed by atoms with Crippen molar-refractivity contribution in [1.29, 1.82) is 0 Å². The first-order chi connectivity index (χ1) is 12.6. The molecule has 134 valence electrons. The zero-order valence-electron chi connectivity index (χ0n) is 14.3. The Kier molecular flexibility index (Phi) is 4.26. The second-order valence-electron chi connectivity index (χ2n) is 6.33. The number of aryl methyl sites for hydroxylation is 2. The first-order valence-corrected chi connectivity index (χ1v) is 8.52. The number of benzene rings is 1. The molecule has 0 bridgehead atoms. The molecule has 0 fully saturated rings. The summed E-state index contributed by atoms with van der Waals surface area (Å²) in [6.07, 6.45) is 4.89. The summed E-state index contributed by atoms with van der Waals surface area (Å²) in [6.45, 7) is 2.12. The zero-order chi connectivity index (χ0) is 18.1. The van der Waals surface area contributed by atoms with E-state index in [-0.39, 0.29) is 18.6 Å². The van der Waals surface area contributed by atoms with Crippen molar-refractivity contribution in [3.05, 3.63) is 53.2 Å². The highest BCUT2D eigenvalue weighted by molar-refractivity contribution is 5.94. The Balaban J connectivity index is 1.49. The molecule has 0 spiro atoms. The number of fused-ring (bicyclic) bond motifs is 1. The molecule has 1 unspecified atom stereocenters. The molecule has 1 atom stereocenters. The number of carbonyl (C=O) groups is 1. The second kappa shape index (κ2) is 6.72. The number of nitrogens with zero attached hydrogens (tertiary/aromatic N) is 4. The molecular weight excluding hydrogens is 334 g/mol. The lowest BCUT2D eigenvalue weighted by atomic mass is 10.0. The number of aromatic nitrogens is 4. The average Bonchev–Trinajstić information content (AvgIpc) is 3.35. The van der Waals surface area contributed by atoms with Crippen LogP contribution in [-0.2, 0) is 13.0 Å². The lowest BCUT2D eigenvalue weighted by Gasteiger charge is -2.13. The lowest BCUT2D eigenvalue weighted by Crippen LogP contribution is -2.26. The van der Waals surface area contributed by atoms with Gasteiger partial charge in [0, 0.05) is 18.7 Å². The predicted molar refractivity (Wildman–Crippen MR) is 92.3 cm³/mol. The Labute approximate surface area is 149 Å². The van der Waals surface area contributed by atoms with E-state index in [4.69, 9.17) is 9.63 Å². The lowest BCUT2D eigenvalue weighted by molar-refractivity contribution is 0.0936. The normalized spacial score (nSPS) is 15.8. The standard InChI is InChI=1S/C18H19N5O3/c1-11-20-17(22-26-11)13-2-4-15-12(8-13)3-5-16(15)21-18(25)14-9-19-23(10-14)6-7-24/h2,4,8-10,16,24H,3,5-7H2,1H3,(H,21,25). The number of hydrogen-bond acceptors (Lipinski definition) is 6. The van der Waals surface area contributed by atoms with Gasteiger partial charge in [-0.3, -0.25) is 9.48 Å². The van der Waals surface area contributed by atoms with E-state index in [1.807, 2.05) is 12.1 Å². The van der Waals surface area contributed by atoms with Crippen molar-refractivity contribution in [3.63, 3.8) is 0 Å². The van der Waals surface area contributed by atoms with Gasteiger partial charge in [0.1, 0.15) is 0 Å². The minimum Gasteiger partial charge on any atom is -0.394 e. The summed E-state index contributed by atoms with van der Waals surface area (Å²) in [6, 6.07) is 6.00. The van der Waals surface area contributed by atoms with E-state index in [1.54, 1.807) is 17.8 Å². The molecule has 2 aromatic heterocycles. The molecule has 0 saturated carbocycles. The summed E-state index contributed by atoms with van der Waals surface area (Å²) in [7, 11) is 0. The van der Waals surface area contributed by atoms with Crippen LogP contribution in [0, 0.1) is 6.92 Å². The summed E-state index contributed by atoms with van der Waals surface area (Å²) >= 11 is 0. The van der Waals surface area contributed by atoms with Crippen LogP contribution in [0.4, 0.5) is 0 Å². The largest absolute Gasteiger partial charge is 0.394 e. The molecule has 1 aliphatic rings. The van der Waals surface area contributed by atoms with Crippen LogP contribution in [0.2, 0.25) is 0 Å². The van der Waals surface area contributed by atoms with E-state index < -0.39 is 0 Å². The predicted octanol–water partition coefficient (Wildman–Crippen LogP) is 1.65. The minimum absolute atomic E-state index is 0.0129. The smallest absolute Gasteiger partial charge is 0.254 e. The Morgan fingerprint density at radius 1 is 1.46 bits per heavy atom. The Morgan fingerprint density at radius 2 is 2.35 bits per heavy atom. The van der Waals surface area contributed by atoms with Gasteiger partial charge in [0.25, 0.3) is 5.91 Å². The Hall–Kier alpha value is -3.00. The maximum absolute atomic E-state index is 12.5. The van der Waals surface area contributed by atoms with Gasteiger partial charge in [0.05, 0.1) is 31.0 Å². The van der Waals surface area contributed by atoms with Crippen LogP contribution in [0.25, 0.3) is 11.4 Å². The van der Waals surface area contributed by atoms with E-state index in [0.29, 0.717) is 23.8 Å². The van der Waals surface area contributed by atoms with Gasteiger partial charge in [0.15, 0.2) is 0 Å². The first kappa shape index (κ1) is 16.5. The van der Waals surface area contributed by atoms with Crippen LogP contribution in [0.1, 0.15) is 39.8 Å². The highest BCUT2D eigenvalue weighted by Crippen LogP contribution is 2.33. The van der Waals surface area contributed by atoms with Gasteiger partial charge in [-0.2, -0.15) is 10.1 Å². The van der Waals surface area contributed by atoms with E-state index >= 15 is 0 Å². The molecule has 0 saturated heterocycles. The van der Waals surface area contributed by atoms with E-state index in [2.05, 4.69) is 26.6 Å². The molecule has 0 aliphatic heterocycles. The van der Waals surface area contributed by atoms with Crippen LogP contribution in [0.5, 0.6) is 0 Å². The monoisotopic (exact) mass is 353 g/mol. The molecule has 8 nitrogen and oxygen atoms in total. The fourth-order valence-corrected chi connectivity index (χ4v) is 3.27. The van der Waals surface area contributed by atoms with Crippen LogP contribution in [0.3, 0.4) is 0 Å². The van der Waals surface area contributed by atoms with Gasteiger partial charge in [-0.05, 0) is 30.0 Å². The number of rotatable bonds is 5. The van der Waals surface area contributed by atoms with Crippen molar-refractivity contribution in [2.24, 2.45) is 0 Å². The molecule has 1 amide bonds. The number of nitrogens with one attached hydrogen (secondary N) is 1. The van der Waals surface area contributed by atoms with E-state index in [0.717, 1.165) is 24.0 Å². The number of aliphatic hydroxyl groups excluding tert-OH is 1. The summed E-state index contributed by atoms with van der Waals surface area (Å²) in [5.41, 5.74) is 3.71. The highest BCUT2D eigenvalue weighted by Gasteiger charge is 2.25. The van der Waals surface area contributed by atoms with Crippen LogP contribution < -0.4 is 5.32 Å². The third-order valence-electron chi connectivity index (χ3n) is 4.54. The molecule has 2 N–H and O–H groups in total. The van der Waals surface area contributed by atoms with Gasteiger partial charge >= 0.3 is 0 Å². The summed E-state index contributed by atoms with van der Waals surface area (Å²) < 4.78 is 6.59. The molecule has 8 heteroatoms. The van der Waals surface area contributed by atoms with Crippen molar-refractivity contribution in [2.45, 2.75) is 32.4 Å². The molecule has 1 aromatic carbocycles. The van der Waals surface area contributed by atoms with Crippen LogP contribution in [-0.4, -0.2) is 37.5 Å².